The number of pyridine rings is 1. The predicted molar refractivity (Wildman–Crippen MR) is 79.7 cm³/mol. The summed E-state index contributed by atoms with van der Waals surface area (Å²) in [5, 5.41) is 3.55. The summed E-state index contributed by atoms with van der Waals surface area (Å²) in [5.74, 6) is -0.00382. The maximum Gasteiger partial charge on any atom is 0.417 e. The summed E-state index contributed by atoms with van der Waals surface area (Å²) in [4.78, 5) is 11.5. The van der Waals surface area contributed by atoms with E-state index in [0.717, 1.165) is 10.8 Å². The van der Waals surface area contributed by atoms with Crippen molar-refractivity contribution in [1.82, 2.24) is 24.6 Å². The summed E-state index contributed by atoms with van der Waals surface area (Å²) in [6, 6.07) is 1.95. The van der Waals surface area contributed by atoms with Crippen molar-refractivity contribution in [3.63, 3.8) is 0 Å². The Balaban J connectivity index is 2.00. The van der Waals surface area contributed by atoms with Crippen LogP contribution in [-0.4, -0.2) is 37.3 Å². The highest BCUT2D eigenvalue weighted by Crippen LogP contribution is 2.34. The molecule has 0 bridgehead atoms. The summed E-state index contributed by atoms with van der Waals surface area (Å²) in [6.07, 6.45) is -7.44. The normalized spacial score (nSPS) is 12.7. The molecule has 0 radical (unpaired) electrons. The van der Waals surface area contributed by atoms with Gasteiger partial charge in [-0.3, -0.25) is 4.98 Å². The summed E-state index contributed by atoms with van der Waals surface area (Å²) < 4.78 is 80.6. The average Bonchev–Trinajstić information content (AvgIpc) is 3.00. The fraction of sp³-hybridized carbons (Fsp3) is 0.286. The molecule has 27 heavy (non-hydrogen) atoms. The number of ether oxygens (including phenoxy) is 1. The third kappa shape index (κ3) is 4.45. The second kappa shape index (κ2) is 6.93. The molecule has 144 valence electrons. The first-order valence-electron chi connectivity index (χ1n) is 7.12. The first-order chi connectivity index (χ1) is 12.5. The van der Waals surface area contributed by atoms with Crippen molar-refractivity contribution >= 4 is 17.4 Å². The number of halogens is 7. The fourth-order valence-electron chi connectivity index (χ4n) is 2.16. The van der Waals surface area contributed by atoms with Crippen molar-refractivity contribution in [3.05, 3.63) is 40.9 Å². The zero-order valence-corrected chi connectivity index (χ0v) is 13.8. The molecule has 3 aromatic rings. The molecule has 0 aromatic carbocycles. The van der Waals surface area contributed by atoms with Gasteiger partial charge in [-0.05, 0) is 12.1 Å². The van der Waals surface area contributed by atoms with Crippen LogP contribution < -0.4 is 0 Å². The lowest BCUT2D eigenvalue weighted by Gasteiger charge is -2.11. The number of hydrogen-bond donors (Lipinski definition) is 0. The van der Waals surface area contributed by atoms with Crippen LogP contribution >= 0.6 is 11.6 Å². The first kappa shape index (κ1) is 19.3. The van der Waals surface area contributed by atoms with Crippen molar-refractivity contribution in [1.29, 1.82) is 0 Å². The molecule has 0 aliphatic rings. The molecule has 0 amide bonds. The summed E-state index contributed by atoms with van der Waals surface area (Å²) in [5.41, 5.74) is -0.970. The van der Waals surface area contributed by atoms with Gasteiger partial charge < -0.3 is 4.74 Å². The van der Waals surface area contributed by atoms with E-state index in [4.69, 9.17) is 11.6 Å². The van der Waals surface area contributed by atoms with Crippen LogP contribution in [0.5, 0.6) is 0 Å². The van der Waals surface area contributed by atoms with Gasteiger partial charge in [-0.1, -0.05) is 11.6 Å². The Hall–Kier alpha value is -2.47. The summed E-state index contributed by atoms with van der Waals surface area (Å²) in [6.45, 7) is -1.99. The number of alkyl halides is 6. The van der Waals surface area contributed by atoms with Crippen molar-refractivity contribution in [2.24, 2.45) is 0 Å². The van der Waals surface area contributed by atoms with Crippen molar-refractivity contribution in [2.75, 3.05) is 6.61 Å². The van der Waals surface area contributed by atoms with E-state index in [1.807, 2.05) is 0 Å². The van der Waals surface area contributed by atoms with Crippen LogP contribution in [0.1, 0.15) is 11.3 Å². The minimum absolute atomic E-state index is 0.00382. The van der Waals surface area contributed by atoms with E-state index >= 15 is 0 Å². The predicted octanol–water partition coefficient (Wildman–Crippen LogP) is 3.94. The molecular formula is C14H8ClF6N5O. The molecular weight excluding hydrogens is 404 g/mol. The standard InChI is InChI=1S/C14H8ClF6N5O/c15-9-1-7(14(19,20)21)3-22-11(9)10-2-8(4-27-5-13(16,17)18)25-12-23-6-24-26(10)12/h1-3,6H,4-5H2. The maximum absolute atomic E-state index is 12.8. The molecule has 0 aliphatic carbocycles. The van der Waals surface area contributed by atoms with Crippen LogP contribution in [0.3, 0.4) is 0 Å². The molecule has 3 rings (SSSR count). The van der Waals surface area contributed by atoms with Gasteiger partial charge in [-0.2, -0.15) is 40.9 Å². The third-order valence-electron chi connectivity index (χ3n) is 3.23. The topological polar surface area (TPSA) is 65.2 Å². The molecule has 0 N–H and O–H groups in total. The molecule has 13 heteroatoms. The highest BCUT2D eigenvalue weighted by molar-refractivity contribution is 6.33. The molecule has 3 aromatic heterocycles. The average molecular weight is 412 g/mol. The number of hydrogen-bond acceptors (Lipinski definition) is 5. The van der Waals surface area contributed by atoms with Gasteiger partial charge in [0.2, 0.25) is 0 Å². The fourth-order valence-corrected chi connectivity index (χ4v) is 2.42. The van der Waals surface area contributed by atoms with Crippen LogP contribution in [0.25, 0.3) is 17.2 Å². The Morgan fingerprint density at radius 2 is 1.81 bits per heavy atom. The van der Waals surface area contributed by atoms with Crippen molar-refractivity contribution < 1.29 is 31.1 Å². The Morgan fingerprint density at radius 1 is 1.07 bits per heavy atom. The van der Waals surface area contributed by atoms with Crippen LogP contribution in [0.2, 0.25) is 5.02 Å². The molecule has 0 unspecified atom stereocenters. The smallest absolute Gasteiger partial charge is 0.366 e. The molecule has 3 heterocycles. The quantitative estimate of drug-likeness (QED) is 0.608. The minimum Gasteiger partial charge on any atom is -0.366 e. The molecule has 0 saturated heterocycles. The lowest BCUT2D eigenvalue weighted by atomic mass is 10.2. The second-order valence-electron chi connectivity index (χ2n) is 5.26. The minimum atomic E-state index is -4.63. The highest BCUT2D eigenvalue weighted by Gasteiger charge is 2.32. The van der Waals surface area contributed by atoms with Gasteiger partial charge in [-0.25, -0.2) is 4.98 Å². The van der Waals surface area contributed by atoms with Crippen molar-refractivity contribution in [2.45, 2.75) is 19.0 Å². The van der Waals surface area contributed by atoms with Gasteiger partial charge in [0.15, 0.2) is 0 Å². The van der Waals surface area contributed by atoms with Gasteiger partial charge in [-0.15, -0.1) is 0 Å². The lowest BCUT2D eigenvalue weighted by molar-refractivity contribution is -0.176. The van der Waals surface area contributed by atoms with E-state index in [1.165, 1.54) is 6.07 Å². The zero-order valence-electron chi connectivity index (χ0n) is 13.0. The number of aromatic nitrogens is 5. The van der Waals surface area contributed by atoms with Crippen molar-refractivity contribution in [3.8, 4) is 11.4 Å². The van der Waals surface area contributed by atoms with Gasteiger partial charge in [0.25, 0.3) is 5.78 Å². The lowest BCUT2D eigenvalue weighted by Crippen LogP contribution is -2.17. The first-order valence-corrected chi connectivity index (χ1v) is 7.49. The van der Waals surface area contributed by atoms with E-state index in [1.54, 1.807) is 0 Å². The largest absolute Gasteiger partial charge is 0.417 e. The van der Waals surface area contributed by atoms with E-state index in [-0.39, 0.29) is 27.9 Å². The van der Waals surface area contributed by atoms with Crippen LogP contribution in [0.4, 0.5) is 26.3 Å². The summed E-state index contributed by atoms with van der Waals surface area (Å²) in [7, 11) is 0. The number of rotatable bonds is 4. The van der Waals surface area contributed by atoms with Crippen LogP contribution in [0, 0.1) is 0 Å². The third-order valence-corrected chi connectivity index (χ3v) is 3.52. The van der Waals surface area contributed by atoms with Gasteiger partial charge in [0.1, 0.15) is 18.6 Å². The Kier molecular flexibility index (Phi) is 4.95. The van der Waals surface area contributed by atoms with E-state index in [2.05, 4.69) is 24.8 Å². The SMILES string of the molecule is FC(F)(F)COCc1cc(-c2ncc(C(F)(F)F)cc2Cl)n2ncnc2n1. The van der Waals surface area contributed by atoms with Gasteiger partial charge in [0, 0.05) is 6.20 Å². The second-order valence-corrected chi connectivity index (χ2v) is 5.67. The molecule has 0 saturated carbocycles. The molecule has 0 spiro atoms. The monoisotopic (exact) mass is 411 g/mol. The zero-order chi connectivity index (χ0) is 19.8. The van der Waals surface area contributed by atoms with Gasteiger partial charge >= 0.3 is 12.4 Å². The molecule has 0 aliphatic heterocycles. The Bertz CT molecular complexity index is 971. The maximum atomic E-state index is 12.8. The van der Waals surface area contributed by atoms with E-state index in [9.17, 15) is 26.3 Å². The highest BCUT2D eigenvalue weighted by atomic mass is 35.5. The van der Waals surface area contributed by atoms with E-state index in [0.29, 0.717) is 12.3 Å². The van der Waals surface area contributed by atoms with E-state index < -0.39 is 31.1 Å². The van der Waals surface area contributed by atoms with Crippen LogP contribution in [-0.2, 0) is 17.5 Å². The molecule has 0 atom stereocenters. The Labute approximate surface area is 151 Å². The van der Waals surface area contributed by atoms with Crippen LogP contribution in [0.15, 0.2) is 24.7 Å². The Morgan fingerprint density at radius 3 is 2.44 bits per heavy atom. The molecule has 0 fully saturated rings. The molecule has 6 nitrogen and oxygen atoms in total. The summed E-state index contributed by atoms with van der Waals surface area (Å²) >= 11 is 5.93. The number of nitrogens with zero attached hydrogens (tertiary/aromatic N) is 5. The van der Waals surface area contributed by atoms with Gasteiger partial charge in [0.05, 0.1) is 28.6 Å². The number of fused-ring (bicyclic) bond motifs is 1.